The Morgan fingerprint density at radius 1 is 1.23 bits per heavy atom. The molecule has 3 aromatic rings. The van der Waals surface area contributed by atoms with Gasteiger partial charge in [0.2, 0.25) is 5.91 Å². The third-order valence-corrected chi connectivity index (χ3v) is 6.13. The maximum atomic E-state index is 13.1. The summed E-state index contributed by atoms with van der Waals surface area (Å²) in [6, 6.07) is 12.5. The van der Waals surface area contributed by atoms with Crippen molar-refractivity contribution in [3.05, 3.63) is 88.1 Å². The number of nitrogens with zero attached hydrogens (tertiary/aromatic N) is 4. The van der Waals surface area contributed by atoms with Crippen LogP contribution in [-0.4, -0.2) is 32.4 Å². The van der Waals surface area contributed by atoms with Crippen LogP contribution < -0.4 is 0 Å². The van der Waals surface area contributed by atoms with E-state index in [9.17, 15) is 4.79 Å². The second-order valence-electron chi connectivity index (χ2n) is 6.46. The Kier molecular flexibility index (Phi) is 6.52. The fourth-order valence-electron chi connectivity index (χ4n) is 2.92. The second kappa shape index (κ2) is 9.47. The predicted molar refractivity (Wildman–Crippen MR) is 120 cm³/mol. The summed E-state index contributed by atoms with van der Waals surface area (Å²) in [5.41, 5.74) is 1.63. The third-order valence-electron chi connectivity index (χ3n) is 4.36. The average Bonchev–Trinajstić information content (AvgIpc) is 3.36. The minimum Gasteiger partial charge on any atom is -0.467 e. The molecule has 1 aliphatic rings. The van der Waals surface area contributed by atoms with E-state index in [1.54, 1.807) is 54.0 Å². The number of aromatic nitrogens is 1. The Balaban J connectivity index is 1.57. The van der Waals surface area contributed by atoms with Crippen LogP contribution in [0, 0.1) is 0 Å². The molecule has 3 heterocycles. The summed E-state index contributed by atoms with van der Waals surface area (Å²) in [4.78, 5) is 18.7. The lowest BCUT2D eigenvalue weighted by Gasteiger charge is -2.14. The van der Waals surface area contributed by atoms with E-state index in [1.165, 1.54) is 11.8 Å². The van der Waals surface area contributed by atoms with Crippen molar-refractivity contribution in [1.82, 2.24) is 9.88 Å². The monoisotopic (exact) mass is 458 g/mol. The lowest BCUT2D eigenvalue weighted by Crippen LogP contribution is -2.32. The van der Waals surface area contributed by atoms with E-state index in [0.717, 1.165) is 11.1 Å². The second-order valence-corrected chi connectivity index (χ2v) is 8.48. The minimum absolute atomic E-state index is 0.0808. The first-order chi connectivity index (χ1) is 14.6. The molecule has 0 aliphatic carbocycles. The highest BCUT2D eigenvalue weighted by Gasteiger charge is 2.39. The lowest BCUT2D eigenvalue weighted by atomic mass is 10.1. The van der Waals surface area contributed by atoms with Gasteiger partial charge in [0.25, 0.3) is 0 Å². The Morgan fingerprint density at radius 2 is 2.13 bits per heavy atom. The molecule has 0 saturated carbocycles. The van der Waals surface area contributed by atoms with Gasteiger partial charge in [-0.3, -0.25) is 14.7 Å². The molecule has 1 saturated heterocycles. The van der Waals surface area contributed by atoms with Crippen molar-refractivity contribution in [3.63, 3.8) is 0 Å². The molecule has 2 aromatic heterocycles. The van der Waals surface area contributed by atoms with Gasteiger partial charge in [-0.1, -0.05) is 41.0 Å². The van der Waals surface area contributed by atoms with Crippen molar-refractivity contribution in [1.29, 1.82) is 0 Å². The SMILES string of the molecule is O=C1C(Cc2cc(Cl)ccc2Cl)S/C(=N/N=C/c2cccnc2)N1Cc1ccco1. The van der Waals surface area contributed by atoms with Gasteiger partial charge in [0, 0.05) is 28.0 Å². The minimum atomic E-state index is -0.386. The Bertz CT molecular complexity index is 1090. The summed E-state index contributed by atoms with van der Waals surface area (Å²) in [6.07, 6.45) is 6.97. The summed E-state index contributed by atoms with van der Waals surface area (Å²) in [5.74, 6) is 0.581. The molecule has 6 nitrogen and oxygen atoms in total. The molecular weight excluding hydrogens is 443 g/mol. The van der Waals surface area contributed by atoms with Crippen molar-refractivity contribution >= 4 is 52.3 Å². The molecular formula is C21H16Cl2N4O2S. The van der Waals surface area contributed by atoms with Crippen LogP contribution in [0.5, 0.6) is 0 Å². The zero-order valence-corrected chi connectivity index (χ0v) is 17.9. The molecule has 30 heavy (non-hydrogen) atoms. The molecule has 9 heteroatoms. The number of amidine groups is 1. The zero-order valence-electron chi connectivity index (χ0n) is 15.6. The molecule has 4 rings (SSSR count). The zero-order chi connectivity index (χ0) is 20.9. The highest BCUT2D eigenvalue weighted by molar-refractivity contribution is 8.15. The summed E-state index contributed by atoms with van der Waals surface area (Å²) < 4.78 is 5.41. The van der Waals surface area contributed by atoms with Gasteiger partial charge in [-0.25, -0.2) is 0 Å². The summed E-state index contributed by atoms with van der Waals surface area (Å²) in [5, 5.41) is 9.69. The lowest BCUT2D eigenvalue weighted by molar-refractivity contribution is -0.126. The molecule has 1 aliphatic heterocycles. The van der Waals surface area contributed by atoms with E-state index < -0.39 is 0 Å². The van der Waals surface area contributed by atoms with Gasteiger partial charge >= 0.3 is 0 Å². The quantitative estimate of drug-likeness (QED) is 0.382. The number of hydrogen-bond donors (Lipinski definition) is 0. The Hall–Kier alpha value is -2.61. The van der Waals surface area contributed by atoms with Gasteiger partial charge in [0.1, 0.15) is 5.76 Å². The van der Waals surface area contributed by atoms with E-state index in [1.807, 2.05) is 18.2 Å². The van der Waals surface area contributed by atoms with Gasteiger partial charge in [-0.05, 0) is 48.4 Å². The number of carbonyl (C=O) groups is 1. The molecule has 1 amide bonds. The number of thioether (sulfide) groups is 1. The number of rotatable bonds is 6. The number of furan rings is 1. The largest absolute Gasteiger partial charge is 0.467 e. The van der Waals surface area contributed by atoms with Gasteiger partial charge in [-0.2, -0.15) is 5.10 Å². The Morgan fingerprint density at radius 3 is 2.90 bits per heavy atom. The van der Waals surface area contributed by atoms with E-state index in [4.69, 9.17) is 27.6 Å². The van der Waals surface area contributed by atoms with Gasteiger partial charge < -0.3 is 4.42 Å². The molecule has 0 spiro atoms. The van der Waals surface area contributed by atoms with Crippen molar-refractivity contribution < 1.29 is 9.21 Å². The first kappa shape index (κ1) is 20.7. The number of pyridine rings is 1. The molecule has 152 valence electrons. The first-order valence-electron chi connectivity index (χ1n) is 9.05. The van der Waals surface area contributed by atoms with Crippen molar-refractivity contribution in [2.45, 2.75) is 18.2 Å². The number of halogens is 2. The van der Waals surface area contributed by atoms with Crippen LogP contribution in [0.3, 0.4) is 0 Å². The fraction of sp³-hybridized carbons (Fsp3) is 0.143. The van der Waals surface area contributed by atoms with Crippen LogP contribution in [0.2, 0.25) is 10.0 Å². The van der Waals surface area contributed by atoms with E-state index in [2.05, 4.69) is 15.2 Å². The van der Waals surface area contributed by atoms with Gasteiger partial charge in [0.15, 0.2) is 5.17 Å². The summed E-state index contributed by atoms with van der Waals surface area (Å²) in [7, 11) is 0. The summed E-state index contributed by atoms with van der Waals surface area (Å²) >= 11 is 13.7. The molecule has 1 fully saturated rings. The maximum Gasteiger partial charge on any atom is 0.242 e. The van der Waals surface area contributed by atoms with Crippen molar-refractivity contribution in [2.75, 3.05) is 0 Å². The fourth-order valence-corrected chi connectivity index (χ4v) is 4.43. The highest BCUT2D eigenvalue weighted by Crippen LogP contribution is 2.33. The highest BCUT2D eigenvalue weighted by atomic mass is 35.5. The third kappa shape index (κ3) is 4.92. The number of carbonyl (C=O) groups excluding carboxylic acids is 1. The van der Waals surface area contributed by atoms with E-state index in [0.29, 0.717) is 27.4 Å². The van der Waals surface area contributed by atoms with Crippen molar-refractivity contribution in [2.24, 2.45) is 10.2 Å². The van der Waals surface area contributed by atoms with Crippen LogP contribution >= 0.6 is 35.0 Å². The van der Waals surface area contributed by atoms with E-state index in [-0.39, 0.29) is 17.7 Å². The molecule has 1 atom stereocenters. The number of hydrogen-bond acceptors (Lipinski definition) is 6. The van der Waals surface area contributed by atoms with Crippen LogP contribution in [0.4, 0.5) is 0 Å². The molecule has 0 N–H and O–H groups in total. The molecule has 1 aromatic carbocycles. The van der Waals surface area contributed by atoms with Crippen LogP contribution in [-0.2, 0) is 17.8 Å². The maximum absolute atomic E-state index is 13.1. The van der Waals surface area contributed by atoms with E-state index >= 15 is 0 Å². The smallest absolute Gasteiger partial charge is 0.242 e. The summed E-state index contributed by atoms with van der Waals surface area (Å²) in [6.45, 7) is 0.278. The first-order valence-corrected chi connectivity index (χ1v) is 10.7. The normalized spacial score (nSPS) is 18.1. The predicted octanol–water partition coefficient (Wildman–Crippen LogP) is 5.06. The van der Waals surface area contributed by atoms with Crippen LogP contribution in [0.1, 0.15) is 16.9 Å². The van der Waals surface area contributed by atoms with Crippen molar-refractivity contribution in [3.8, 4) is 0 Å². The molecule has 0 bridgehead atoms. The standard InChI is InChI=1S/C21H16Cl2N4O2S/c22-16-5-6-18(23)15(9-16)10-19-20(28)27(13-17-4-2-8-29-17)21(30-19)26-25-12-14-3-1-7-24-11-14/h1-9,11-12,19H,10,13H2/b25-12+,26-21+. The number of amides is 1. The topological polar surface area (TPSA) is 71.1 Å². The van der Waals surface area contributed by atoms with Gasteiger partial charge in [0.05, 0.1) is 24.3 Å². The number of benzene rings is 1. The van der Waals surface area contributed by atoms with Gasteiger partial charge in [-0.15, -0.1) is 5.10 Å². The molecule has 0 radical (unpaired) electrons. The Labute approximate surface area is 187 Å². The van der Waals surface area contributed by atoms with Crippen LogP contribution in [0.25, 0.3) is 0 Å². The average molecular weight is 459 g/mol. The van der Waals surface area contributed by atoms with Crippen LogP contribution in [0.15, 0.2) is 75.7 Å². The molecule has 1 unspecified atom stereocenters.